The number of alkyl halides is 6. The molecule has 2 N–H and O–H groups in total. The van der Waals surface area contributed by atoms with E-state index in [1.807, 2.05) is 0 Å². The van der Waals surface area contributed by atoms with Gasteiger partial charge in [-0.2, -0.15) is 26.3 Å². The summed E-state index contributed by atoms with van der Waals surface area (Å²) in [4.78, 5) is 3.13. The first-order chi connectivity index (χ1) is 8.12. The van der Waals surface area contributed by atoms with Gasteiger partial charge >= 0.3 is 12.4 Å². The van der Waals surface area contributed by atoms with Crippen LogP contribution in [0.25, 0.3) is 0 Å². The van der Waals surface area contributed by atoms with E-state index in [-0.39, 0.29) is 24.1 Å². The molecular weight excluding hydrogens is 262 g/mol. The molecule has 0 aliphatic heterocycles. The quantitative estimate of drug-likeness (QED) is 0.735. The van der Waals surface area contributed by atoms with E-state index in [1.54, 1.807) is 0 Å². The molecule has 0 fully saturated rings. The highest BCUT2D eigenvalue weighted by molar-refractivity contribution is 5.60. The number of pyridine rings is 1. The molecule has 1 aliphatic carbocycles. The largest absolute Gasteiger partial charge is 0.434 e. The van der Waals surface area contributed by atoms with Crippen LogP contribution < -0.4 is 5.73 Å². The number of nitrogens with two attached hydrogens (primary N) is 1. The highest BCUT2D eigenvalue weighted by atomic mass is 19.4. The molecule has 1 aliphatic rings. The first kappa shape index (κ1) is 13.0. The molecule has 0 amide bonds. The second-order valence-electron chi connectivity index (χ2n) is 4.02. The zero-order valence-electron chi connectivity index (χ0n) is 8.91. The topological polar surface area (TPSA) is 38.9 Å². The highest BCUT2D eigenvalue weighted by Crippen LogP contribution is 2.45. The molecule has 0 bridgehead atoms. The minimum absolute atomic E-state index is 0.0211. The zero-order valence-corrected chi connectivity index (χ0v) is 8.91. The van der Waals surface area contributed by atoms with Crippen LogP contribution in [0.2, 0.25) is 0 Å². The van der Waals surface area contributed by atoms with Crippen molar-refractivity contribution in [3.63, 3.8) is 0 Å². The molecule has 1 aromatic heterocycles. The van der Waals surface area contributed by atoms with Crippen molar-refractivity contribution in [1.29, 1.82) is 0 Å². The minimum atomic E-state index is -5.17. The number of fused-ring (bicyclic) bond motifs is 1. The fraction of sp³-hybridized carbons (Fsp3) is 0.500. The fourth-order valence-electron chi connectivity index (χ4n) is 2.10. The van der Waals surface area contributed by atoms with Gasteiger partial charge < -0.3 is 5.73 Å². The number of aryl methyl sites for hydroxylation is 1. The predicted octanol–water partition coefficient (Wildman–Crippen LogP) is 3.19. The molecule has 100 valence electrons. The highest BCUT2D eigenvalue weighted by Gasteiger charge is 2.47. The Balaban J connectivity index is 2.77. The van der Waals surface area contributed by atoms with Crippen LogP contribution in [0.15, 0.2) is 0 Å². The summed E-state index contributed by atoms with van der Waals surface area (Å²) in [7, 11) is 0. The molecule has 0 radical (unpaired) electrons. The lowest BCUT2D eigenvalue weighted by Gasteiger charge is -2.19. The maximum Gasteiger partial charge on any atom is 0.434 e. The third-order valence-corrected chi connectivity index (χ3v) is 2.82. The number of anilines is 1. The van der Waals surface area contributed by atoms with Crippen molar-refractivity contribution in [3.05, 3.63) is 22.5 Å². The van der Waals surface area contributed by atoms with E-state index in [4.69, 9.17) is 5.73 Å². The molecule has 1 aromatic rings. The second kappa shape index (κ2) is 3.76. The Kier molecular flexibility index (Phi) is 2.71. The molecule has 0 atom stereocenters. The lowest BCUT2D eigenvalue weighted by Crippen LogP contribution is -2.22. The molecule has 0 aromatic carbocycles. The summed E-state index contributed by atoms with van der Waals surface area (Å²) >= 11 is 0. The van der Waals surface area contributed by atoms with Crippen LogP contribution in [0, 0.1) is 0 Å². The molecule has 18 heavy (non-hydrogen) atoms. The van der Waals surface area contributed by atoms with Crippen LogP contribution in [-0.2, 0) is 25.2 Å². The van der Waals surface area contributed by atoms with E-state index in [0.717, 1.165) is 0 Å². The maximum absolute atomic E-state index is 12.7. The van der Waals surface area contributed by atoms with Crippen molar-refractivity contribution in [1.82, 2.24) is 4.98 Å². The minimum Gasteiger partial charge on any atom is -0.398 e. The van der Waals surface area contributed by atoms with Gasteiger partial charge in [0.2, 0.25) is 0 Å². The van der Waals surface area contributed by atoms with Gasteiger partial charge in [0.15, 0.2) is 5.69 Å². The summed E-state index contributed by atoms with van der Waals surface area (Å²) in [5, 5.41) is 0. The Labute approximate surface area is 97.8 Å². The fourth-order valence-corrected chi connectivity index (χ4v) is 2.10. The number of rotatable bonds is 0. The Hall–Kier alpha value is -1.47. The third-order valence-electron chi connectivity index (χ3n) is 2.82. The van der Waals surface area contributed by atoms with Crippen LogP contribution in [0.1, 0.15) is 28.9 Å². The van der Waals surface area contributed by atoms with E-state index in [0.29, 0.717) is 6.42 Å². The average molecular weight is 270 g/mol. The number of halogens is 6. The van der Waals surface area contributed by atoms with Gasteiger partial charge in [0.05, 0.1) is 5.69 Å². The van der Waals surface area contributed by atoms with Crippen molar-refractivity contribution in [2.45, 2.75) is 31.6 Å². The molecule has 0 saturated heterocycles. The summed E-state index contributed by atoms with van der Waals surface area (Å²) in [6, 6.07) is 0. The van der Waals surface area contributed by atoms with Crippen LogP contribution in [0.5, 0.6) is 0 Å². The number of aromatic nitrogens is 1. The van der Waals surface area contributed by atoms with Crippen molar-refractivity contribution in [2.75, 3.05) is 5.73 Å². The standard InChI is InChI=1S/C10H8F6N2/c11-9(12,13)6-7(17)4-2-1-3-5(4)18-8(6)10(14,15)16/h1-3H2,(H2,17,18). The molecule has 1 heterocycles. The van der Waals surface area contributed by atoms with E-state index < -0.39 is 29.3 Å². The van der Waals surface area contributed by atoms with Crippen LogP contribution in [0.3, 0.4) is 0 Å². The molecule has 2 rings (SSSR count). The predicted molar refractivity (Wildman–Crippen MR) is 50.7 cm³/mol. The molecule has 0 saturated carbocycles. The number of hydrogen-bond donors (Lipinski definition) is 1. The van der Waals surface area contributed by atoms with E-state index >= 15 is 0 Å². The number of hydrogen-bond acceptors (Lipinski definition) is 2. The Bertz CT molecular complexity index is 489. The summed E-state index contributed by atoms with van der Waals surface area (Å²) in [6.45, 7) is 0. The summed E-state index contributed by atoms with van der Waals surface area (Å²) in [5.74, 6) is 0. The Morgan fingerprint density at radius 3 is 2.06 bits per heavy atom. The second-order valence-corrected chi connectivity index (χ2v) is 4.02. The summed E-state index contributed by atoms with van der Waals surface area (Å²) in [5.41, 5.74) is 0.734. The van der Waals surface area contributed by atoms with E-state index in [1.165, 1.54) is 0 Å². The van der Waals surface area contributed by atoms with Crippen molar-refractivity contribution < 1.29 is 26.3 Å². The van der Waals surface area contributed by atoms with Gasteiger partial charge in [-0.3, -0.25) is 0 Å². The van der Waals surface area contributed by atoms with E-state index in [2.05, 4.69) is 4.98 Å². The van der Waals surface area contributed by atoms with Gasteiger partial charge in [-0.15, -0.1) is 0 Å². The van der Waals surface area contributed by atoms with Gasteiger partial charge in [-0.1, -0.05) is 0 Å². The van der Waals surface area contributed by atoms with Crippen molar-refractivity contribution in [2.24, 2.45) is 0 Å². The van der Waals surface area contributed by atoms with Crippen LogP contribution in [-0.4, -0.2) is 4.98 Å². The van der Waals surface area contributed by atoms with Crippen LogP contribution in [0.4, 0.5) is 32.0 Å². The third kappa shape index (κ3) is 1.99. The lowest BCUT2D eigenvalue weighted by atomic mass is 10.0. The van der Waals surface area contributed by atoms with E-state index in [9.17, 15) is 26.3 Å². The van der Waals surface area contributed by atoms with Gasteiger partial charge in [0, 0.05) is 5.69 Å². The molecule has 0 unspecified atom stereocenters. The first-order valence-corrected chi connectivity index (χ1v) is 5.08. The van der Waals surface area contributed by atoms with Gasteiger partial charge in [-0.25, -0.2) is 4.98 Å². The lowest BCUT2D eigenvalue weighted by molar-refractivity contribution is -0.164. The molecular formula is C10H8F6N2. The van der Waals surface area contributed by atoms with Gasteiger partial charge in [0.1, 0.15) is 5.56 Å². The summed E-state index contributed by atoms with van der Waals surface area (Å²) < 4.78 is 75.9. The van der Waals surface area contributed by atoms with Crippen molar-refractivity contribution in [3.8, 4) is 0 Å². The van der Waals surface area contributed by atoms with Crippen LogP contribution >= 0.6 is 0 Å². The average Bonchev–Trinajstić information content (AvgIpc) is 2.61. The Morgan fingerprint density at radius 2 is 1.56 bits per heavy atom. The Morgan fingerprint density at radius 1 is 0.944 bits per heavy atom. The maximum atomic E-state index is 12.7. The van der Waals surface area contributed by atoms with Crippen molar-refractivity contribution >= 4 is 5.69 Å². The SMILES string of the molecule is Nc1c2c(nc(C(F)(F)F)c1C(F)(F)F)CCC2. The first-order valence-electron chi connectivity index (χ1n) is 5.08. The number of nitrogen functional groups attached to an aromatic ring is 1. The zero-order chi connectivity index (χ0) is 13.7. The van der Waals surface area contributed by atoms with Gasteiger partial charge in [-0.05, 0) is 24.8 Å². The molecule has 2 nitrogen and oxygen atoms in total. The number of nitrogens with zero attached hydrogens (tertiary/aromatic N) is 1. The van der Waals surface area contributed by atoms with Gasteiger partial charge in [0.25, 0.3) is 0 Å². The normalized spacial score (nSPS) is 15.9. The monoisotopic (exact) mass is 270 g/mol. The molecule has 8 heteroatoms. The summed E-state index contributed by atoms with van der Waals surface area (Å²) in [6.07, 6.45) is -9.42. The smallest absolute Gasteiger partial charge is 0.398 e. The molecule has 0 spiro atoms.